The fourth-order valence-electron chi connectivity index (χ4n) is 0.204. The quantitative estimate of drug-likeness (QED) is 0.365. The molecule has 5 heavy (non-hydrogen) atoms. The van der Waals surface area contributed by atoms with Gasteiger partial charge in [-0.3, -0.25) is 4.66 Å². The lowest BCUT2D eigenvalue weighted by molar-refractivity contribution is 1.39. The summed E-state index contributed by atoms with van der Waals surface area (Å²) in [5, 5.41) is 0. The molecule has 0 unspecified atom stereocenters. The lowest BCUT2D eigenvalue weighted by atomic mass is 10.8. The minimum Gasteiger partial charge on any atom is -0.304 e. The van der Waals surface area contributed by atoms with Crippen LogP contribution in [0.4, 0.5) is 0 Å². The summed E-state index contributed by atoms with van der Waals surface area (Å²) in [5.41, 5.74) is 0. The van der Waals surface area contributed by atoms with Gasteiger partial charge in [-0.05, 0) is 0 Å². The fourth-order valence-corrected chi connectivity index (χ4v) is 0.612. The second-order valence-corrected chi connectivity index (χ2v) is 1.53. The Kier molecular flexibility index (Phi) is 0.703. The zero-order chi connectivity index (χ0) is 3.54. The molecule has 0 N–H and O–H groups in total. The van der Waals surface area contributed by atoms with Gasteiger partial charge < -0.3 is 4.63 Å². The minimum atomic E-state index is 0.503. The number of hydrogen-bond acceptors (Lipinski definition) is 2. The number of rotatable bonds is 0. The highest BCUT2D eigenvalue weighted by molar-refractivity contribution is 6.24. The Morgan fingerprint density at radius 2 is 2.80 bits per heavy atom. The van der Waals surface area contributed by atoms with Gasteiger partial charge in [-0.1, -0.05) is 0 Å². The SMILES string of the molecule is C1=N[Si]=NC1. The third-order valence-corrected chi connectivity index (χ3v) is 1.01. The molecule has 0 spiro atoms. The van der Waals surface area contributed by atoms with Crippen molar-refractivity contribution in [3.63, 3.8) is 0 Å². The van der Waals surface area contributed by atoms with Crippen molar-refractivity contribution in [3.05, 3.63) is 0 Å². The van der Waals surface area contributed by atoms with Crippen molar-refractivity contribution in [2.24, 2.45) is 9.29 Å². The van der Waals surface area contributed by atoms with Crippen LogP contribution in [-0.4, -0.2) is 22.2 Å². The first-order chi connectivity index (χ1) is 2.50. The summed E-state index contributed by atoms with van der Waals surface area (Å²) < 4.78 is 7.71. The zero-order valence-corrected chi connectivity index (χ0v) is 3.68. The largest absolute Gasteiger partial charge is 0.314 e. The monoisotopic (exact) mass is 83.0 g/mol. The Hall–Kier alpha value is -0.313. The summed E-state index contributed by atoms with van der Waals surface area (Å²) in [7, 11) is 0.503. The van der Waals surface area contributed by atoms with Gasteiger partial charge in [-0.2, -0.15) is 0 Å². The van der Waals surface area contributed by atoms with E-state index in [-0.39, 0.29) is 0 Å². The zero-order valence-electron chi connectivity index (χ0n) is 2.68. The van der Waals surface area contributed by atoms with Gasteiger partial charge >= 0.3 is 9.47 Å². The van der Waals surface area contributed by atoms with E-state index in [0.29, 0.717) is 9.47 Å². The van der Waals surface area contributed by atoms with Crippen LogP contribution in [0.25, 0.3) is 0 Å². The number of hydrogen-bond donors (Lipinski definition) is 0. The van der Waals surface area contributed by atoms with E-state index in [1.54, 1.807) is 0 Å². The van der Waals surface area contributed by atoms with Crippen LogP contribution in [0.3, 0.4) is 0 Å². The molecular weight excluding hydrogens is 80.1 g/mol. The Bertz CT molecular complexity index is 65.7. The normalized spacial score (nSPS) is 17.6. The minimum absolute atomic E-state index is 0.503. The standard InChI is InChI=1S/C2H3N2Si/c1-2-4-5-3-1/h1H,2H2. The van der Waals surface area contributed by atoms with Crippen LogP contribution in [0.5, 0.6) is 0 Å². The fraction of sp³-hybridized carbons (Fsp3) is 0.500. The Morgan fingerprint density at radius 1 is 1.80 bits per heavy atom. The van der Waals surface area contributed by atoms with Crippen molar-refractivity contribution >= 4 is 15.7 Å². The molecule has 0 amide bonds. The molecule has 0 saturated heterocycles. The maximum atomic E-state index is 3.89. The first kappa shape index (κ1) is 2.90. The highest BCUT2D eigenvalue weighted by atomic mass is 28.2. The van der Waals surface area contributed by atoms with Crippen LogP contribution >= 0.6 is 0 Å². The smallest absolute Gasteiger partial charge is 0.304 e. The van der Waals surface area contributed by atoms with E-state index in [1.165, 1.54) is 0 Å². The molecule has 1 heterocycles. The van der Waals surface area contributed by atoms with Gasteiger partial charge in [-0.15, -0.1) is 0 Å². The maximum absolute atomic E-state index is 3.89. The van der Waals surface area contributed by atoms with Gasteiger partial charge in [-0.25, -0.2) is 0 Å². The van der Waals surface area contributed by atoms with Crippen molar-refractivity contribution in [1.82, 2.24) is 0 Å². The molecule has 1 rings (SSSR count). The first-order valence-corrected chi connectivity index (χ1v) is 2.32. The molecular formula is C2H3N2Si. The molecule has 3 heteroatoms. The average molecular weight is 83.1 g/mol. The van der Waals surface area contributed by atoms with E-state index in [4.69, 9.17) is 0 Å². The second kappa shape index (κ2) is 1.21. The van der Waals surface area contributed by atoms with E-state index in [9.17, 15) is 0 Å². The van der Waals surface area contributed by atoms with Crippen LogP contribution in [0.15, 0.2) is 9.29 Å². The van der Waals surface area contributed by atoms with E-state index in [1.807, 2.05) is 6.21 Å². The molecule has 0 atom stereocenters. The summed E-state index contributed by atoms with van der Waals surface area (Å²) in [4.78, 5) is 0. The molecule has 1 radical (unpaired) electrons. The van der Waals surface area contributed by atoms with Crippen LogP contribution in [0.2, 0.25) is 0 Å². The number of nitrogens with zero attached hydrogens (tertiary/aromatic N) is 2. The topological polar surface area (TPSA) is 24.7 Å². The molecule has 1 aliphatic heterocycles. The summed E-state index contributed by atoms with van der Waals surface area (Å²) in [6.45, 7) is 0.846. The van der Waals surface area contributed by atoms with Gasteiger partial charge in [0.2, 0.25) is 0 Å². The predicted octanol–water partition coefficient (Wildman–Crippen LogP) is -0.126. The third-order valence-electron chi connectivity index (χ3n) is 0.393. The Morgan fingerprint density at radius 3 is 3.00 bits per heavy atom. The summed E-state index contributed by atoms with van der Waals surface area (Å²) in [5.74, 6) is 0. The molecule has 0 bridgehead atoms. The van der Waals surface area contributed by atoms with Crippen LogP contribution in [0, 0.1) is 0 Å². The van der Waals surface area contributed by atoms with Crippen molar-refractivity contribution in [2.75, 3.05) is 6.54 Å². The first-order valence-electron chi connectivity index (χ1n) is 1.43. The molecule has 0 aliphatic carbocycles. The lowest BCUT2D eigenvalue weighted by Crippen LogP contribution is -1.66. The van der Waals surface area contributed by atoms with Crippen LogP contribution in [0.1, 0.15) is 0 Å². The van der Waals surface area contributed by atoms with Crippen molar-refractivity contribution < 1.29 is 0 Å². The van der Waals surface area contributed by atoms with E-state index < -0.39 is 0 Å². The van der Waals surface area contributed by atoms with Gasteiger partial charge in [0.05, 0.1) is 6.54 Å². The third kappa shape index (κ3) is 0.478. The van der Waals surface area contributed by atoms with Gasteiger partial charge in [0.25, 0.3) is 0 Å². The molecule has 0 fully saturated rings. The predicted molar refractivity (Wildman–Crippen MR) is 21.5 cm³/mol. The van der Waals surface area contributed by atoms with Crippen molar-refractivity contribution in [1.29, 1.82) is 0 Å². The maximum Gasteiger partial charge on any atom is 0.314 e. The van der Waals surface area contributed by atoms with Crippen molar-refractivity contribution in [3.8, 4) is 0 Å². The summed E-state index contributed by atoms with van der Waals surface area (Å²) >= 11 is 0. The molecule has 2 nitrogen and oxygen atoms in total. The highest BCUT2D eigenvalue weighted by Crippen LogP contribution is 1.69. The summed E-state index contributed by atoms with van der Waals surface area (Å²) in [6.07, 6.45) is 1.83. The summed E-state index contributed by atoms with van der Waals surface area (Å²) in [6, 6.07) is 0. The highest BCUT2D eigenvalue weighted by Gasteiger charge is 1.76. The second-order valence-electron chi connectivity index (χ2n) is 0.752. The average Bonchev–Trinajstić information content (AvgIpc) is 1.76. The Labute approximate surface area is 32.6 Å². The van der Waals surface area contributed by atoms with Crippen LogP contribution in [-0.2, 0) is 0 Å². The lowest BCUT2D eigenvalue weighted by Gasteiger charge is -1.57. The molecule has 25 valence electrons. The Balaban J connectivity index is 2.61. The van der Waals surface area contributed by atoms with Gasteiger partial charge in [0.15, 0.2) is 0 Å². The molecule has 0 saturated carbocycles. The van der Waals surface area contributed by atoms with Crippen LogP contribution < -0.4 is 0 Å². The molecule has 0 aromatic carbocycles. The molecule has 0 aromatic heterocycles. The van der Waals surface area contributed by atoms with E-state index >= 15 is 0 Å². The molecule has 1 aliphatic rings. The molecule has 0 aromatic rings. The van der Waals surface area contributed by atoms with E-state index in [0.717, 1.165) is 6.54 Å². The van der Waals surface area contributed by atoms with Gasteiger partial charge in [0, 0.05) is 6.21 Å². The van der Waals surface area contributed by atoms with E-state index in [2.05, 4.69) is 9.29 Å². The van der Waals surface area contributed by atoms with Gasteiger partial charge in [0.1, 0.15) is 0 Å². The van der Waals surface area contributed by atoms with Crippen molar-refractivity contribution in [2.45, 2.75) is 0 Å².